The van der Waals surface area contributed by atoms with E-state index in [9.17, 15) is 9.59 Å². The van der Waals surface area contributed by atoms with Gasteiger partial charge in [-0.25, -0.2) is 0 Å². The van der Waals surface area contributed by atoms with E-state index in [0.29, 0.717) is 33.5 Å². The zero-order chi connectivity index (χ0) is 21.0. The van der Waals surface area contributed by atoms with Crippen LogP contribution in [0.5, 0.6) is 0 Å². The smallest absolute Gasteiger partial charge is 0.226 e. The summed E-state index contributed by atoms with van der Waals surface area (Å²) in [5.74, 6) is 0.237. The highest BCUT2D eigenvalue weighted by molar-refractivity contribution is 7.71. The maximum Gasteiger partial charge on any atom is 0.226 e. The Labute approximate surface area is 178 Å². The van der Waals surface area contributed by atoms with Gasteiger partial charge in [0, 0.05) is 31.1 Å². The van der Waals surface area contributed by atoms with E-state index < -0.39 is 0 Å². The van der Waals surface area contributed by atoms with Crippen LogP contribution in [0.1, 0.15) is 18.9 Å². The minimum atomic E-state index is -0.232. The molecule has 2 aromatic carbocycles. The van der Waals surface area contributed by atoms with Gasteiger partial charge in [-0.1, -0.05) is 41.4 Å². The number of benzene rings is 2. The fourth-order valence-electron chi connectivity index (χ4n) is 2.78. The van der Waals surface area contributed by atoms with Crippen LogP contribution in [0.2, 0.25) is 5.02 Å². The molecule has 2 amide bonds. The van der Waals surface area contributed by atoms with Crippen LogP contribution in [0.4, 0.5) is 11.4 Å². The van der Waals surface area contributed by atoms with E-state index in [2.05, 4.69) is 20.8 Å². The second-order valence-electron chi connectivity index (χ2n) is 6.54. The Morgan fingerprint density at radius 1 is 1.17 bits per heavy atom. The average Bonchev–Trinajstić information content (AvgIpc) is 3.03. The number of nitrogens with zero attached hydrogens (tertiary/aromatic N) is 2. The quantitative estimate of drug-likeness (QED) is 0.501. The third-order valence-corrected chi connectivity index (χ3v) is 4.83. The Hall–Kier alpha value is -2.97. The molecule has 3 rings (SSSR count). The molecule has 1 aromatic heterocycles. The second kappa shape index (κ2) is 9.02. The summed E-state index contributed by atoms with van der Waals surface area (Å²) < 4.78 is 2.23. The van der Waals surface area contributed by atoms with E-state index in [1.165, 1.54) is 6.92 Å². The van der Waals surface area contributed by atoms with Gasteiger partial charge in [0.05, 0.1) is 10.7 Å². The molecule has 0 fully saturated rings. The fraction of sp³-hybridized carbons (Fsp3) is 0.200. The molecule has 7 nitrogen and oxygen atoms in total. The Morgan fingerprint density at radius 3 is 2.59 bits per heavy atom. The molecule has 0 aliphatic rings. The summed E-state index contributed by atoms with van der Waals surface area (Å²) in [6.45, 7) is 3.78. The van der Waals surface area contributed by atoms with E-state index in [0.717, 1.165) is 11.1 Å². The largest absolute Gasteiger partial charge is 0.326 e. The Kier molecular flexibility index (Phi) is 6.46. The molecule has 1 heterocycles. The lowest BCUT2D eigenvalue weighted by atomic mass is 10.1. The van der Waals surface area contributed by atoms with E-state index >= 15 is 0 Å². The number of aryl methyl sites for hydroxylation is 1. The molecule has 0 aliphatic heterocycles. The number of H-pyrrole nitrogens is 1. The molecule has 0 spiro atoms. The van der Waals surface area contributed by atoms with Crippen molar-refractivity contribution in [1.82, 2.24) is 14.8 Å². The topological polar surface area (TPSA) is 91.8 Å². The maximum absolute atomic E-state index is 12.5. The summed E-state index contributed by atoms with van der Waals surface area (Å²) in [6, 6.07) is 12.8. The zero-order valence-electron chi connectivity index (χ0n) is 16.0. The predicted molar refractivity (Wildman–Crippen MR) is 117 cm³/mol. The lowest BCUT2D eigenvalue weighted by molar-refractivity contribution is -0.116. The van der Waals surface area contributed by atoms with Gasteiger partial charge in [-0.15, -0.1) is 0 Å². The van der Waals surface area contributed by atoms with Crippen LogP contribution < -0.4 is 10.6 Å². The number of amides is 2. The molecule has 0 saturated heterocycles. The number of carbonyl (C=O) groups excluding carboxylic acids is 2. The molecular formula is C20H20ClN5O2S. The minimum absolute atomic E-state index is 0.174. The highest BCUT2D eigenvalue weighted by Crippen LogP contribution is 2.26. The number of anilines is 2. The van der Waals surface area contributed by atoms with Gasteiger partial charge in [0.1, 0.15) is 0 Å². The molecule has 3 N–H and O–H groups in total. The number of nitrogens with one attached hydrogen (secondary N) is 3. The summed E-state index contributed by atoms with van der Waals surface area (Å²) in [5, 5.41) is 12.9. The van der Waals surface area contributed by atoms with Gasteiger partial charge in [-0.2, -0.15) is 5.10 Å². The minimum Gasteiger partial charge on any atom is -0.326 e. The monoisotopic (exact) mass is 429 g/mol. The van der Waals surface area contributed by atoms with Crippen molar-refractivity contribution in [2.75, 3.05) is 10.6 Å². The summed E-state index contributed by atoms with van der Waals surface area (Å²) in [4.78, 5) is 23.7. The third-order valence-electron chi connectivity index (χ3n) is 4.19. The number of hydrogen-bond donors (Lipinski definition) is 3. The summed E-state index contributed by atoms with van der Waals surface area (Å²) in [5.41, 5.74) is 3.04. The van der Waals surface area contributed by atoms with Gasteiger partial charge in [-0.3, -0.25) is 19.3 Å². The number of aromatic amines is 1. The van der Waals surface area contributed by atoms with Crippen molar-refractivity contribution in [2.45, 2.75) is 26.8 Å². The highest BCUT2D eigenvalue weighted by Gasteiger charge is 2.12. The number of aromatic nitrogens is 3. The molecule has 9 heteroatoms. The lowest BCUT2D eigenvalue weighted by Gasteiger charge is -2.11. The number of carbonyl (C=O) groups is 2. The first-order valence-electron chi connectivity index (χ1n) is 8.92. The van der Waals surface area contributed by atoms with Gasteiger partial charge in [0.15, 0.2) is 10.6 Å². The summed E-state index contributed by atoms with van der Waals surface area (Å²) >= 11 is 11.5. The molecule has 0 unspecified atom stereocenters. The molecule has 0 saturated carbocycles. The first-order valence-corrected chi connectivity index (χ1v) is 9.71. The highest BCUT2D eigenvalue weighted by atomic mass is 35.5. The summed E-state index contributed by atoms with van der Waals surface area (Å²) in [6.07, 6.45) is 0.174. The van der Waals surface area contributed by atoms with Crippen molar-refractivity contribution in [3.63, 3.8) is 0 Å². The van der Waals surface area contributed by atoms with Gasteiger partial charge in [0.2, 0.25) is 11.8 Å². The molecule has 29 heavy (non-hydrogen) atoms. The van der Waals surface area contributed by atoms with Crippen molar-refractivity contribution in [2.24, 2.45) is 0 Å². The van der Waals surface area contributed by atoms with Gasteiger partial charge in [-0.05, 0) is 37.3 Å². The first kappa shape index (κ1) is 20.8. The molecular weight excluding hydrogens is 410 g/mol. The molecule has 0 atom stereocenters. The molecule has 3 aromatic rings. The van der Waals surface area contributed by atoms with E-state index in [-0.39, 0.29) is 18.2 Å². The fourth-order valence-corrected chi connectivity index (χ4v) is 3.16. The zero-order valence-corrected chi connectivity index (χ0v) is 17.5. The van der Waals surface area contributed by atoms with Gasteiger partial charge < -0.3 is 10.6 Å². The number of halogens is 1. The number of hydrogen-bond acceptors (Lipinski definition) is 4. The van der Waals surface area contributed by atoms with Crippen molar-refractivity contribution < 1.29 is 9.59 Å². The molecule has 0 bridgehead atoms. The summed E-state index contributed by atoms with van der Waals surface area (Å²) in [7, 11) is 0. The third kappa shape index (κ3) is 5.30. The van der Waals surface area contributed by atoms with Crippen LogP contribution in [-0.2, 0) is 16.1 Å². The van der Waals surface area contributed by atoms with E-state index in [4.69, 9.17) is 23.8 Å². The first-order chi connectivity index (χ1) is 13.8. The van der Waals surface area contributed by atoms with Crippen molar-refractivity contribution in [1.29, 1.82) is 0 Å². The van der Waals surface area contributed by atoms with Crippen LogP contribution in [0, 0.1) is 11.7 Å². The van der Waals surface area contributed by atoms with Crippen LogP contribution in [0.15, 0.2) is 42.5 Å². The second-order valence-corrected chi connectivity index (χ2v) is 7.34. The SMILES string of the molecule is CC(=O)Nc1ccc(Cl)c(NC(=O)CCn2c(-c3ccc(C)cc3)n[nH]c2=S)c1. The predicted octanol–water partition coefficient (Wildman–Crippen LogP) is 4.56. The Balaban J connectivity index is 1.71. The maximum atomic E-state index is 12.5. The standard InChI is InChI=1S/C20H20ClN5O2S/c1-12-3-5-14(6-4-12)19-24-25-20(29)26(19)10-9-18(28)23-17-11-15(22-13(2)27)7-8-16(17)21/h3-8,11H,9-10H2,1-2H3,(H,22,27)(H,23,28)(H,25,29). The van der Waals surface area contributed by atoms with Crippen LogP contribution >= 0.6 is 23.8 Å². The van der Waals surface area contributed by atoms with Gasteiger partial charge in [0.25, 0.3) is 0 Å². The van der Waals surface area contributed by atoms with Crippen LogP contribution in [-0.4, -0.2) is 26.6 Å². The Morgan fingerprint density at radius 2 is 1.90 bits per heavy atom. The van der Waals surface area contributed by atoms with Crippen molar-refractivity contribution in [3.8, 4) is 11.4 Å². The molecule has 0 aliphatic carbocycles. The molecule has 0 radical (unpaired) electrons. The molecule has 150 valence electrons. The normalized spacial score (nSPS) is 10.6. The lowest BCUT2D eigenvalue weighted by Crippen LogP contribution is -2.16. The van der Waals surface area contributed by atoms with E-state index in [1.807, 2.05) is 31.2 Å². The van der Waals surface area contributed by atoms with E-state index in [1.54, 1.807) is 22.8 Å². The van der Waals surface area contributed by atoms with Crippen molar-refractivity contribution in [3.05, 3.63) is 57.8 Å². The van der Waals surface area contributed by atoms with Crippen LogP contribution in [0.3, 0.4) is 0 Å². The number of rotatable bonds is 6. The Bertz CT molecular complexity index is 1100. The van der Waals surface area contributed by atoms with Gasteiger partial charge >= 0.3 is 0 Å². The average molecular weight is 430 g/mol. The van der Waals surface area contributed by atoms with Crippen molar-refractivity contribution >= 4 is 47.0 Å². The van der Waals surface area contributed by atoms with Crippen LogP contribution in [0.25, 0.3) is 11.4 Å².